The van der Waals surface area contributed by atoms with Crippen molar-refractivity contribution in [2.45, 2.75) is 13.0 Å². The number of ketones is 1. The van der Waals surface area contributed by atoms with Crippen LogP contribution in [-0.2, 0) is 6.54 Å². The maximum absolute atomic E-state index is 11.0. The van der Waals surface area contributed by atoms with Crippen LogP contribution in [0.15, 0.2) is 6.33 Å². The first-order valence-electron chi connectivity index (χ1n) is 3.03. The molecule has 0 aliphatic carbocycles. The molecule has 0 saturated carbocycles. The van der Waals surface area contributed by atoms with Crippen LogP contribution in [0.5, 0.6) is 0 Å². The Morgan fingerprint density at radius 1 is 1.70 bits per heavy atom. The average molecular weight is 157 g/mol. The van der Waals surface area contributed by atoms with Crippen molar-refractivity contribution in [1.29, 1.82) is 0 Å². The van der Waals surface area contributed by atoms with E-state index >= 15 is 0 Å². The number of aromatic nitrogens is 2. The second-order valence-corrected chi connectivity index (χ2v) is 2.61. The van der Waals surface area contributed by atoms with Gasteiger partial charge in [-0.1, -0.05) is 11.6 Å². The Hall–Kier alpha value is -0.830. The monoisotopic (exact) mass is 156 g/mol. The number of fused-ring (bicyclic) bond motifs is 1. The summed E-state index contributed by atoms with van der Waals surface area (Å²) in [6.07, 6.45) is 2.17. The molecule has 0 saturated heterocycles. The molecule has 3 nitrogen and oxygen atoms in total. The minimum absolute atomic E-state index is 0.0995. The molecule has 0 atom stereocenters. The smallest absolute Gasteiger partial charge is 0.184 e. The molecule has 0 N–H and O–H groups in total. The van der Waals surface area contributed by atoms with Crippen molar-refractivity contribution in [3.05, 3.63) is 17.2 Å². The first-order valence-corrected chi connectivity index (χ1v) is 3.40. The molecule has 0 bridgehead atoms. The third kappa shape index (κ3) is 0.609. The van der Waals surface area contributed by atoms with Gasteiger partial charge in [-0.05, 0) is 0 Å². The quantitative estimate of drug-likeness (QED) is 0.564. The number of carbonyl (C=O) groups excluding carboxylic acids is 1. The fourth-order valence-corrected chi connectivity index (χ4v) is 1.40. The highest BCUT2D eigenvalue weighted by Crippen LogP contribution is 2.21. The van der Waals surface area contributed by atoms with Crippen molar-refractivity contribution in [2.75, 3.05) is 0 Å². The van der Waals surface area contributed by atoms with Gasteiger partial charge in [0.25, 0.3) is 0 Å². The Bertz CT molecular complexity index is 292. The van der Waals surface area contributed by atoms with E-state index in [1.165, 1.54) is 0 Å². The van der Waals surface area contributed by atoms with Crippen molar-refractivity contribution in [3.63, 3.8) is 0 Å². The lowest BCUT2D eigenvalue weighted by molar-refractivity contribution is 0.0994. The Morgan fingerprint density at radius 2 is 2.50 bits per heavy atom. The Morgan fingerprint density at radius 3 is 3.20 bits per heavy atom. The molecule has 0 radical (unpaired) electrons. The number of hydrogen-bond acceptors (Lipinski definition) is 2. The van der Waals surface area contributed by atoms with Crippen LogP contribution >= 0.6 is 11.6 Å². The molecule has 4 heteroatoms. The summed E-state index contributed by atoms with van der Waals surface area (Å²) in [6, 6.07) is 0. The minimum atomic E-state index is 0.0995. The zero-order valence-corrected chi connectivity index (χ0v) is 5.93. The summed E-state index contributed by atoms with van der Waals surface area (Å²) in [6.45, 7) is 0.730. The molecule has 1 aliphatic rings. The van der Waals surface area contributed by atoms with E-state index in [1.807, 2.05) is 0 Å². The van der Waals surface area contributed by atoms with Crippen LogP contribution in [0, 0.1) is 0 Å². The first-order chi connectivity index (χ1) is 4.79. The molecular weight excluding hydrogens is 152 g/mol. The number of imidazole rings is 1. The third-order valence-electron chi connectivity index (χ3n) is 1.64. The molecule has 0 fully saturated rings. The molecule has 2 heterocycles. The van der Waals surface area contributed by atoms with Crippen LogP contribution in [0.25, 0.3) is 0 Å². The van der Waals surface area contributed by atoms with E-state index < -0.39 is 0 Å². The minimum Gasteiger partial charge on any atom is -0.326 e. The molecule has 1 aromatic rings. The van der Waals surface area contributed by atoms with E-state index in [0.717, 1.165) is 6.54 Å². The second-order valence-electron chi connectivity index (χ2n) is 2.25. The number of nitrogens with zero attached hydrogens (tertiary/aromatic N) is 2. The number of rotatable bonds is 0. The van der Waals surface area contributed by atoms with Crippen molar-refractivity contribution in [3.8, 4) is 0 Å². The Balaban J connectivity index is 2.65. The van der Waals surface area contributed by atoms with E-state index in [1.54, 1.807) is 10.9 Å². The highest BCUT2D eigenvalue weighted by molar-refractivity contribution is 6.32. The van der Waals surface area contributed by atoms with Crippen LogP contribution in [0.3, 0.4) is 0 Å². The summed E-state index contributed by atoms with van der Waals surface area (Å²) in [5, 5.41) is 0.336. The molecular formula is C6H5ClN2O. The third-order valence-corrected chi connectivity index (χ3v) is 1.91. The van der Waals surface area contributed by atoms with E-state index in [0.29, 0.717) is 17.3 Å². The van der Waals surface area contributed by atoms with Crippen LogP contribution < -0.4 is 0 Å². The second kappa shape index (κ2) is 1.83. The number of halogens is 1. The number of carbonyl (C=O) groups is 1. The van der Waals surface area contributed by atoms with Gasteiger partial charge in [0.05, 0.1) is 6.33 Å². The summed E-state index contributed by atoms with van der Waals surface area (Å²) in [5.74, 6) is 0.0995. The van der Waals surface area contributed by atoms with Gasteiger partial charge in [-0.3, -0.25) is 4.79 Å². The van der Waals surface area contributed by atoms with Gasteiger partial charge in [-0.2, -0.15) is 0 Å². The normalized spacial score (nSPS) is 15.9. The number of aryl methyl sites for hydroxylation is 1. The lowest BCUT2D eigenvalue weighted by Crippen LogP contribution is -1.91. The fraction of sp³-hybridized carbons (Fsp3) is 0.333. The molecule has 0 unspecified atom stereocenters. The molecule has 0 amide bonds. The van der Waals surface area contributed by atoms with Gasteiger partial charge in [0.1, 0.15) is 5.69 Å². The lowest BCUT2D eigenvalue weighted by Gasteiger charge is -1.87. The molecule has 0 aromatic carbocycles. The van der Waals surface area contributed by atoms with Gasteiger partial charge >= 0.3 is 0 Å². The summed E-state index contributed by atoms with van der Waals surface area (Å²) in [4.78, 5) is 14.8. The highest BCUT2D eigenvalue weighted by Gasteiger charge is 2.22. The lowest BCUT2D eigenvalue weighted by atomic mass is 10.3. The van der Waals surface area contributed by atoms with E-state index in [-0.39, 0.29) is 5.78 Å². The standard InChI is InChI=1S/C6H5ClN2O/c7-6-5-4(10)1-2-9(5)3-8-6/h3H,1-2H2. The zero-order chi connectivity index (χ0) is 7.14. The van der Waals surface area contributed by atoms with Gasteiger partial charge in [-0.15, -0.1) is 0 Å². The molecule has 1 aromatic heterocycles. The summed E-state index contributed by atoms with van der Waals surface area (Å²) < 4.78 is 1.78. The van der Waals surface area contributed by atoms with Gasteiger partial charge in [0, 0.05) is 13.0 Å². The SMILES string of the molecule is O=C1CCn2cnc(Cl)c21. The predicted octanol–water partition coefficient (Wildman–Crippen LogP) is 1.12. The predicted molar refractivity (Wildman–Crippen MR) is 36.2 cm³/mol. The number of hydrogen-bond donors (Lipinski definition) is 0. The Kier molecular flexibility index (Phi) is 1.08. The topological polar surface area (TPSA) is 34.9 Å². The van der Waals surface area contributed by atoms with Crippen LogP contribution in [0.2, 0.25) is 5.15 Å². The molecule has 52 valence electrons. The van der Waals surface area contributed by atoms with Crippen molar-refractivity contribution >= 4 is 17.4 Å². The number of Topliss-reactive ketones (excluding diaryl/α,β-unsaturated/α-hetero) is 1. The maximum atomic E-state index is 11.0. The van der Waals surface area contributed by atoms with Crippen LogP contribution in [-0.4, -0.2) is 15.3 Å². The largest absolute Gasteiger partial charge is 0.326 e. The van der Waals surface area contributed by atoms with Crippen molar-refractivity contribution in [2.24, 2.45) is 0 Å². The highest BCUT2D eigenvalue weighted by atomic mass is 35.5. The van der Waals surface area contributed by atoms with Gasteiger partial charge < -0.3 is 4.57 Å². The first kappa shape index (κ1) is 5.92. The summed E-state index contributed by atoms with van der Waals surface area (Å²) in [5.41, 5.74) is 0.571. The molecule has 0 spiro atoms. The fourth-order valence-electron chi connectivity index (χ4n) is 1.14. The molecule has 10 heavy (non-hydrogen) atoms. The van der Waals surface area contributed by atoms with E-state index in [2.05, 4.69) is 4.98 Å². The summed E-state index contributed by atoms with van der Waals surface area (Å²) >= 11 is 5.63. The van der Waals surface area contributed by atoms with Gasteiger partial charge in [0.2, 0.25) is 0 Å². The van der Waals surface area contributed by atoms with Gasteiger partial charge in [-0.25, -0.2) is 4.98 Å². The van der Waals surface area contributed by atoms with E-state index in [4.69, 9.17) is 11.6 Å². The van der Waals surface area contributed by atoms with E-state index in [9.17, 15) is 4.79 Å². The van der Waals surface area contributed by atoms with Crippen LogP contribution in [0.1, 0.15) is 16.9 Å². The van der Waals surface area contributed by atoms with Crippen molar-refractivity contribution in [1.82, 2.24) is 9.55 Å². The molecule has 1 aliphatic heterocycles. The van der Waals surface area contributed by atoms with Crippen LogP contribution in [0.4, 0.5) is 0 Å². The van der Waals surface area contributed by atoms with Crippen molar-refractivity contribution < 1.29 is 4.79 Å². The molecule has 2 rings (SSSR count). The average Bonchev–Trinajstić information content (AvgIpc) is 2.40. The zero-order valence-electron chi connectivity index (χ0n) is 5.17. The maximum Gasteiger partial charge on any atom is 0.184 e. The van der Waals surface area contributed by atoms with Gasteiger partial charge in [0.15, 0.2) is 10.9 Å². The summed E-state index contributed by atoms with van der Waals surface area (Å²) in [7, 11) is 0. The Labute approximate surface area is 62.6 Å².